The molecule has 2 atom stereocenters. The highest BCUT2D eigenvalue weighted by Gasteiger charge is 2.22. The van der Waals surface area contributed by atoms with Crippen LogP contribution in [0.2, 0.25) is 0 Å². The van der Waals surface area contributed by atoms with E-state index in [1.54, 1.807) is 6.92 Å². The summed E-state index contributed by atoms with van der Waals surface area (Å²) < 4.78 is 0. The molecule has 0 aliphatic heterocycles. The van der Waals surface area contributed by atoms with Crippen LogP contribution < -0.4 is 16.4 Å². The van der Waals surface area contributed by atoms with Gasteiger partial charge in [0.2, 0.25) is 5.91 Å². The van der Waals surface area contributed by atoms with Gasteiger partial charge in [0, 0.05) is 5.88 Å². The number of nitrogens with one attached hydrogen (secondary N) is 2. The predicted molar refractivity (Wildman–Crippen MR) is 89.1 cm³/mol. The van der Waals surface area contributed by atoms with Crippen molar-refractivity contribution < 1.29 is 14.7 Å². The average molecular weight is 336 g/mol. The number of carboxylic acids is 1. The molecule has 0 aromatic rings. The van der Waals surface area contributed by atoms with E-state index in [0.717, 1.165) is 38.6 Å². The minimum atomic E-state index is -1.00. The maximum absolute atomic E-state index is 12.0. The summed E-state index contributed by atoms with van der Waals surface area (Å²) >= 11 is 5.60. The van der Waals surface area contributed by atoms with E-state index in [1.165, 1.54) is 0 Å². The number of amides is 1. The number of carboxylic acid groups (broad SMARTS) is 1. The van der Waals surface area contributed by atoms with Crippen molar-refractivity contribution in [3.63, 3.8) is 0 Å². The molecule has 6 nitrogen and oxygen atoms in total. The second kappa shape index (κ2) is 13.8. The number of hydrogen-bond acceptors (Lipinski definition) is 4. The normalized spacial score (nSPS) is 13.6. The summed E-state index contributed by atoms with van der Waals surface area (Å²) in [6, 6.07) is -1.24. The van der Waals surface area contributed by atoms with Crippen molar-refractivity contribution in [3.05, 3.63) is 0 Å². The van der Waals surface area contributed by atoms with Gasteiger partial charge in [0.15, 0.2) is 0 Å². The van der Waals surface area contributed by atoms with Gasteiger partial charge in [-0.05, 0) is 52.1 Å². The van der Waals surface area contributed by atoms with Crippen LogP contribution in [0.25, 0.3) is 0 Å². The lowest BCUT2D eigenvalue weighted by molar-refractivity contribution is -0.142. The Labute approximate surface area is 138 Å². The summed E-state index contributed by atoms with van der Waals surface area (Å²) in [5.41, 5.74) is 5.39. The molecule has 0 aromatic carbocycles. The van der Waals surface area contributed by atoms with E-state index in [-0.39, 0.29) is 5.91 Å². The van der Waals surface area contributed by atoms with Crippen molar-refractivity contribution in [1.29, 1.82) is 0 Å². The fraction of sp³-hybridized carbons (Fsp3) is 0.867. The molecule has 5 N–H and O–H groups in total. The van der Waals surface area contributed by atoms with Crippen LogP contribution in [-0.4, -0.2) is 48.0 Å². The SMILES string of the molecule is CC(NCCCCCCCl)C(=O)NC(CCCCN)C(=O)O. The Morgan fingerprint density at radius 3 is 2.41 bits per heavy atom. The molecule has 0 heterocycles. The van der Waals surface area contributed by atoms with E-state index < -0.39 is 18.1 Å². The molecule has 0 aromatic heterocycles. The molecule has 0 fully saturated rings. The quantitative estimate of drug-likeness (QED) is 0.284. The molecule has 1 amide bonds. The van der Waals surface area contributed by atoms with Gasteiger partial charge in [0.1, 0.15) is 6.04 Å². The summed E-state index contributed by atoms with van der Waals surface area (Å²) in [5, 5.41) is 14.8. The lowest BCUT2D eigenvalue weighted by Gasteiger charge is -2.18. The second-order valence-corrected chi connectivity index (χ2v) is 5.84. The minimum Gasteiger partial charge on any atom is -0.480 e. The summed E-state index contributed by atoms with van der Waals surface area (Å²) in [5.74, 6) is -0.591. The molecular formula is C15H30ClN3O3. The van der Waals surface area contributed by atoms with Crippen molar-refractivity contribution in [3.8, 4) is 0 Å². The van der Waals surface area contributed by atoms with Gasteiger partial charge in [-0.15, -0.1) is 11.6 Å². The Hall–Kier alpha value is -0.850. The molecule has 0 radical (unpaired) electrons. The van der Waals surface area contributed by atoms with E-state index in [9.17, 15) is 9.59 Å². The third kappa shape index (κ3) is 10.8. The van der Waals surface area contributed by atoms with E-state index in [1.807, 2.05) is 0 Å². The molecule has 0 aliphatic carbocycles. The number of carbonyl (C=O) groups excluding carboxylic acids is 1. The first-order valence-corrected chi connectivity index (χ1v) is 8.59. The van der Waals surface area contributed by atoms with Gasteiger partial charge in [-0.2, -0.15) is 0 Å². The zero-order valence-corrected chi connectivity index (χ0v) is 14.2. The molecule has 0 saturated heterocycles. The molecule has 22 heavy (non-hydrogen) atoms. The number of hydrogen-bond donors (Lipinski definition) is 4. The lowest BCUT2D eigenvalue weighted by Crippen LogP contribution is -2.49. The van der Waals surface area contributed by atoms with E-state index in [0.29, 0.717) is 25.3 Å². The molecule has 0 rings (SSSR count). The topological polar surface area (TPSA) is 104 Å². The highest BCUT2D eigenvalue weighted by molar-refractivity contribution is 6.17. The zero-order chi connectivity index (χ0) is 16.8. The van der Waals surface area contributed by atoms with E-state index >= 15 is 0 Å². The molecule has 0 aliphatic rings. The first kappa shape index (κ1) is 21.1. The summed E-state index contributed by atoms with van der Waals surface area (Å²) in [7, 11) is 0. The minimum absolute atomic E-state index is 0.277. The third-order valence-electron chi connectivity index (χ3n) is 3.47. The van der Waals surface area contributed by atoms with Crippen LogP contribution in [0.3, 0.4) is 0 Å². The van der Waals surface area contributed by atoms with Gasteiger partial charge in [0.05, 0.1) is 6.04 Å². The van der Waals surface area contributed by atoms with Crippen molar-refractivity contribution >= 4 is 23.5 Å². The number of nitrogens with two attached hydrogens (primary N) is 1. The molecular weight excluding hydrogens is 306 g/mol. The lowest BCUT2D eigenvalue weighted by atomic mass is 10.1. The highest BCUT2D eigenvalue weighted by Crippen LogP contribution is 2.02. The monoisotopic (exact) mass is 335 g/mol. The molecule has 7 heteroatoms. The van der Waals surface area contributed by atoms with Crippen LogP contribution in [-0.2, 0) is 9.59 Å². The Kier molecular flexibility index (Phi) is 13.3. The van der Waals surface area contributed by atoms with Crippen molar-refractivity contribution in [1.82, 2.24) is 10.6 Å². The molecule has 0 saturated carbocycles. The van der Waals surface area contributed by atoms with Crippen molar-refractivity contribution in [2.75, 3.05) is 19.0 Å². The second-order valence-electron chi connectivity index (χ2n) is 5.46. The van der Waals surface area contributed by atoms with Gasteiger partial charge < -0.3 is 21.5 Å². The van der Waals surface area contributed by atoms with Gasteiger partial charge in [-0.3, -0.25) is 4.79 Å². The Bertz CT molecular complexity index is 316. The zero-order valence-electron chi connectivity index (χ0n) is 13.4. The maximum Gasteiger partial charge on any atom is 0.326 e. The first-order valence-electron chi connectivity index (χ1n) is 8.05. The smallest absolute Gasteiger partial charge is 0.326 e. The van der Waals surface area contributed by atoms with Crippen LogP contribution in [0.1, 0.15) is 51.9 Å². The van der Waals surface area contributed by atoms with E-state index in [4.69, 9.17) is 22.4 Å². The van der Waals surface area contributed by atoms with E-state index in [2.05, 4.69) is 10.6 Å². The van der Waals surface area contributed by atoms with Gasteiger partial charge in [0.25, 0.3) is 0 Å². The summed E-state index contributed by atoms with van der Waals surface area (Å²) in [4.78, 5) is 23.1. The fourth-order valence-electron chi connectivity index (χ4n) is 2.03. The highest BCUT2D eigenvalue weighted by atomic mass is 35.5. The number of unbranched alkanes of at least 4 members (excludes halogenated alkanes) is 4. The maximum atomic E-state index is 12.0. The molecule has 130 valence electrons. The number of carbonyl (C=O) groups is 2. The number of alkyl halides is 1. The standard InChI is InChI=1S/C15H30ClN3O3/c1-12(18-11-7-3-2-5-9-16)14(20)19-13(15(21)22)8-4-6-10-17/h12-13,18H,2-11,17H2,1H3,(H,19,20)(H,21,22). The summed E-state index contributed by atoms with van der Waals surface area (Å²) in [6.45, 7) is 3.01. The van der Waals surface area contributed by atoms with Crippen LogP contribution >= 0.6 is 11.6 Å². The molecule has 0 bridgehead atoms. The van der Waals surface area contributed by atoms with Crippen LogP contribution in [0.4, 0.5) is 0 Å². The van der Waals surface area contributed by atoms with Crippen molar-refractivity contribution in [2.45, 2.75) is 64.0 Å². The summed E-state index contributed by atoms with van der Waals surface area (Å²) in [6.07, 6.45) is 6.02. The van der Waals surface area contributed by atoms with Crippen LogP contribution in [0.15, 0.2) is 0 Å². The Balaban J connectivity index is 3.96. The third-order valence-corrected chi connectivity index (χ3v) is 3.73. The van der Waals surface area contributed by atoms with Gasteiger partial charge >= 0.3 is 5.97 Å². The van der Waals surface area contributed by atoms with Crippen LogP contribution in [0.5, 0.6) is 0 Å². The van der Waals surface area contributed by atoms with Crippen LogP contribution in [0, 0.1) is 0 Å². The first-order chi connectivity index (χ1) is 10.5. The molecule has 0 spiro atoms. The number of halogens is 1. The van der Waals surface area contributed by atoms with Crippen molar-refractivity contribution in [2.24, 2.45) is 5.73 Å². The Morgan fingerprint density at radius 1 is 1.14 bits per heavy atom. The average Bonchev–Trinajstić information content (AvgIpc) is 2.49. The van der Waals surface area contributed by atoms with Gasteiger partial charge in [-0.25, -0.2) is 4.79 Å². The Morgan fingerprint density at radius 2 is 1.82 bits per heavy atom. The molecule has 2 unspecified atom stereocenters. The largest absolute Gasteiger partial charge is 0.480 e. The fourth-order valence-corrected chi connectivity index (χ4v) is 2.22. The number of aliphatic carboxylic acids is 1. The predicted octanol–water partition coefficient (Wildman–Crippen LogP) is 1.46. The number of rotatable bonds is 14. The van der Waals surface area contributed by atoms with Gasteiger partial charge in [-0.1, -0.05) is 12.8 Å².